The summed E-state index contributed by atoms with van der Waals surface area (Å²) in [5.41, 5.74) is 1.42. The van der Waals surface area contributed by atoms with Gasteiger partial charge >= 0.3 is 6.55 Å². The standard InChI is InChI=1S/C14H16F2N4O2/c1-10-11(4-3-5-12(10)20(21)22)8-18(2)9-13-17-6-7-19(13)14(15)16/h3-7,14H,8-9H2,1-2H3. The number of nitro groups is 1. The van der Waals surface area contributed by atoms with Crippen LogP contribution in [0.15, 0.2) is 30.6 Å². The van der Waals surface area contributed by atoms with Gasteiger partial charge in [-0.1, -0.05) is 12.1 Å². The van der Waals surface area contributed by atoms with Crippen molar-refractivity contribution >= 4 is 5.69 Å². The number of nitrogens with zero attached hydrogens (tertiary/aromatic N) is 4. The van der Waals surface area contributed by atoms with Crippen molar-refractivity contribution in [3.8, 4) is 0 Å². The van der Waals surface area contributed by atoms with E-state index in [0.717, 1.165) is 10.1 Å². The van der Waals surface area contributed by atoms with Gasteiger partial charge in [-0.2, -0.15) is 8.78 Å². The summed E-state index contributed by atoms with van der Waals surface area (Å²) in [6, 6.07) is 4.86. The normalized spacial score (nSPS) is 11.4. The molecule has 1 aromatic carbocycles. The minimum absolute atomic E-state index is 0.0555. The van der Waals surface area contributed by atoms with Crippen LogP contribution in [0.25, 0.3) is 0 Å². The maximum atomic E-state index is 12.8. The van der Waals surface area contributed by atoms with Gasteiger partial charge in [-0.15, -0.1) is 0 Å². The first-order valence-corrected chi connectivity index (χ1v) is 6.61. The third-order valence-corrected chi connectivity index (χ3v) is 3.42. The molecule has 1 aromatic heterocycles. The van der Waals surface area contributed by atoms with Gasteiger partial charge in [0.2, 0.25) is 0 Å². The van der Waals surface area contributed by atoms with E-state index in [4.69, 9.17) is 0 Å². The first-order valence-electron chi connectivity index (χ1n) is 6.61. The molecule has 1 heterocycles. The Kier molecular flexibility index (Phi) is 4.81. The third kappa shape index (κ3) is 3.45. The number of hydrogen-bond acceptors (Lipinski definition) is 4. The fraction of sp³-hybridized carbons (Fsp3) is 0.357. The molecule has 0 amide bonds. The smallest absolute Gasteiger partial charge is 0.295 e. The number of nitro benzene ring substituents is 1. The van der Waals surface area contributed by atoms with Gasteiger partial charge in [0.15, 0.2) is 0 Å². The van der Waals surface area contributed by atoms with Gasteiger partial charge in [0, 0.05) is 30.6 Å². The molecule has 0 radical (unpaired) electrons. The molecule has 0 N–H and O–H groups in total. The van der Waals surface area contributed by atoms with Crippen molar-refractivity contribution in [2.45, 2.75) is 26.6 Å². The van der Waals surface area contributed by atoms with Crippen LogP contribution in [0, 0.1) is 17.0 Å². The van der Waals surface area contributed by atoms with Crippen molar-refractivity contribution in [2.75, 3.05) is 7.05 Å². The molecule has 0 aliphatic carbocycles. The second kappa shape index (κ2) is 6.61. The molecule has 2 rings (SSSR count). The van der Waals surface area contributed by atoms with Crippen molar-refractivity contribution in [1.82, 2.24) is 14.5 Å². The van der Waals surface area contributed by atoms with Crippen LogP contribution in [0.4, 0.5) is 14.5 Å². The Bertz CT molecular complexity index is 673. The summed E-state index contributed by atoms with van der Waals surface area (Å²) in [7, 11) is 1.75. The molecule has 0 saturated carbocycles. The molecule has 0 fully saturated rings. The van der Waals surface area contributed by atoms with E-state index in [1.165, 1.54) is 18.5 Å². The minimum atomic E-state index is -2.63. The summed E-state index contributed by atoms with van der Waals surface area (Å²) in [4.78, 5) is 16.2. The van der Waals surface area contributed by atoms with Gasteiger partial charge in [0.25, 0.3) is 5.69 Å². The van der Waals surface area contributed by atoms with Crippen molar-refractivity contribution in [2.24, 2.45) is 0 Å². The Morgan fingerprint density at radius 2 is 2.14 bits per heavy atom. The van der Waals surface area contributed by atoms with Crippen molar-refractivity contribution < 1.29 is 13.7 Å². The van der Waals surface area contributed by atoms with Gasteiger partial charge in [-0.25, -0.2) is 4.98 Å². The van der Waals surface area contributed by atoms with Crippen LogP contribution in [-0.2, 0) is 13.1 Å². The van der Waals surface area contributed by atoms with Crippen LogP contribution < -0.4 is 0 Å². The zero-order valence-corrected chi connectivity index (χ0v) is 12.2. The van der Waals surface area contributed by atoms with E-state index in [1.807, 2.05) is 0 Å². The fourth-order valence-electron chi connectivity index (χ4n) is 2.27. The Balaban J connectivity index is 2.12. The summed E-state index contributed by atoms with van der Waals surface area (Å²) >= 11 is 0. The lowest BCUT2D eigenvalue weighted by atomic mass is 10.1. The maximum Gasteiger partial charge on any atom is 0.319 e. The van der Waals surface area contributed by atoms with Crippen LogP contribution >= 0.6 is 0 Å². The quantitative estimate of drug-likeness (QED) is 0.607. The molecular weight excluding hydrogens is 294 g/mol. The Morgan fingerprint density at radius 3 is 2.77 bits per heavy atom. The van der Waals surface area contributed by atoms with Crippen LogP contribution in [0.1, 0.15) is 23.5 Å². The molecule has 8 heteroatoms. The van der Waals surface area contributed by atoms with Gasteiger partial charge in [0.1, 0.15) is 5.82 Å². The zero-order valence-electron chi connectivity index (χ0n) is 12.2. The molecule has 0 saturated heterocycles. The second-order valence-electron chi connectivity index (χ2n) is 5.02. The summed E-state index contributed by atoms with van der Waals surface area (Å²) in [5.74, 6) is 0.251. The lowest BCUT2D eigenvalue weighted by Gasteiger charge is -2.18. The number of benzene rings is 1. The molecule has 2 aromatic rings. The van der Waals surface area contributed by atoms with E-state index in [9.17, 15) is 18.9 Å². The molecule has 6 nitrogen and oxygen atoms in total. The lowest BCUT2D eigenvalue weighted by Crippen LogP contribution is -2.21. The van der Waals surface area contributed by atoms with E-state index in [-0.39, 0.29) is 18.1 Å². The van der Waals surface area contributed by atoms with Crippen LogP contribution in [0.2, 0.25) is 0 Å². The SMILES string of the molecule is Cc1c(CN(C)Cc2nccn2C(F)F)cccc1[N+](=O)[O-]. The minimum Gasteiger partial charge on any atom is -0.295 e. The molecule has 0 unspecified atom stereocenters. The highest BCUT2D eigenvalue weighted by Crippen LogP contribution is 2.22. The Labute approximate surface area is 126 Å². The summed E-state index contributed by atoms with van der Waals surface area (Å²) in [5, 5.41) is 10.9. The average Bonchev–Trinajstić information content (AvgIpc) is 2.89. The molecule has 0 bridgehead atoms. The van der Waals surface area contributed by atoms with E-state index in [1.54, 1.807) is 31.0 Å². The topological polar surface area (TPSA) is 64.2 Å². The highest BCUT2D eigenvalue weighted by molar-refractivity contribution is 5.44. The highest BCUT2D eigenvalue weighted by atomic mass is 19.3. The predicted octanol–water partition coefficient (Wildman–Crippen LogP) is 3.13. The number of hydrogen-bond donors (Lipinski definition) is 0. The average molecular weight is 310 g/mol. The predicted molar refractivity (Wildman–Crippen MR) is 76.5 cm³/mol. The number of halogens is 2. The van der Waals surface area contributed by atoms with Gasteiger partial charge in [-0.3, -0.25) is 19.6 Å². The van der Waals surface area contributed by atoms with Crippen molar-refractivity contribution in [3.05, 3.63) is 57.7 Å². The molecular formula is C14H16F2N4O2. The van der Waals surface area contributed by atoms with Crippen LogP contribution in [0.3, 0.4) is 0 Å². The summed E-state index contributed by atoms with van der Waals surface area (Å²) in [6.07, 6.45) is 2.56. The third-order valence-electron chi connectivity index (χ3n) is 3.42. The van der Waals surface area contributed by atoms with E-state index in [0.29, 0.717) is 12.1 Å². The molecule has 22 heavy (non-hydrogen) atoms. The maximum absolute atomic E-state index is 12.8. The van der Waals surface area contributed by atoms with Crippen LogP contribution in [-0.4, -0.2) is 26.4 Å². The molecule has 0 atom stereocenters. The fourth-order valence-corrected chi connectivity index (χ4v) is 2.27. The molecule has 118 valence electrons. The van der Waals surface area contributed by atoms with Gasteiger partial charge in [-0.05, 0) is 19.5 Å². The number of alkyl halides is 2. The lowest BCUT2D eigenvalue weighted by molar-refractivity contribution is -0.385. The zero-order chi connectivity index (χ0) is 16.3. The number of rotatable bonds is 6. The first-order chi connectivity index (χ1) is 10.4. The summed E-state index contributed by atoms with van der Waals surface area (Å²) in [6.45, 7) is -0.324. The number of imidazole rings is 1. The van der Waals surface area contributed by atoms with Crippen molar-refractivity contribution in [1.29, 1.82) is 0 Å². The van der Waals surface area contributed by atoms with E-state index >= 15 is 0 Å². The second-order valence-corrected chi connectivity index (χ2v) is 5.02. The van der Waals surface area contributed by atoms with Gasteiger partial charge in [0.05, 0.1) is 11.5 Å². The van der Waals surface area contributed by atoms with Crippen molar-refractivity contribution in [3.63, 3.8) is 0 Å². The molecule has 0 aliphatic rings. The molecule has 0 spiro atoms. The van der Waals surface area contributed by atoms with Gasteiger partial charge < -0.3 is 0 Å². The van der Waals surface area contributed by atoms with E-state index < -0.39 is 11.5 Å². The Morgan fingerprint density at radius 1 is 1.41 bits per heavy atom. The highest BCUT2D eigenvalue weighted by Gasteiger charge is 2.16. The monoisotopic (exact) mass is 310 g/mol. The van der Waals surface area contributed by atoms with E-state index in [2.05, 4.69) is 4.98 Å². The Hall–Kier alpha value is -2.35. The summed E-state index contributed by atoms with van der Waals surface area (Å²) < 4.78 is 26.3. The molecule has 0 aliphatic heterocycles. The number of aromatic nitrogens is 2. The van der Waals surface area contributed by atoms with Crippen LogP contribution in [0.5, 0.6) is 0 Å². The first kappa shape index (κ1) is 16.0. The largest absolute Gasteiger partial charge is 0.319 e.